The second kappa shape index (κ2) is 7.14. The standard InChI is InChI=1S/C16H16N4O2S2/c1-3-20-14(22)12-6-4-5-7-13(12)19-16(20)24-9-11-8-23-15(18-11)17-10(2)21/h4-8H,3,9H2,1-2H3,(H,17,18,21). The van der Waals surface area contributed by atoms with Crippen LogP contribution in [-0.2, 0) is 17.1 Å². The molecule has 8 heteroatoms. The number of aromatic nitrogens is 3. The van der Waals surface area contributed by atoms with E-state index in [0.717, 1.165) is 5.69 Å². The lowest BCUT2D eigenvalue weighted by atomic mass is 10.2. The number of thiazole rings is 1. The summed E-state index contributed by atoms with van der Waals surface area (Å²) in [6.07, 6.45) is 0. The molecule has 2 aromatic heterocycles. The minimum absolute atomic E-state index is 0.0252. The first kappa shape index (κ1) is 16.7. The van der Waals surface area contributed by atoms with Crippen LogP contribution >= 0.6 is 23.1 Å². The topological polar surface area (TPSA) is 76.9 Å². The summed E-state index contributed by atoms with van der Waals surface area (Å²) in [6.45, 7) is 3.95. The summed E-state index contributed by atoms with van der Waals surface area (Å²) in [5.74, 6) is 0.445. The zero-order valence-electron chi connectivity index (χ0n) is 13.3. The largest absolute Gasteiger partial charge is 0.302 e. The molecule has 0 unspecified atom stereocenters. The number of hydrogen-bond donors (Lipinski definition) is 1. The van der Waals surface area contributed by atoms with Gasteiger partial charge in [-0.15, -0.1) is 11.3 Å². The zero-order chi connectivity index (χ0) is 17.1. The second-order valence-electron chi connectivity index (χ2n) is 5.07. The molecule has 0 aliphatic heterocycles. The smallest absolute Gasteiger partial charge is 0.262 e. The van der Waals surface area contributed by atoms with E-state index in [2.05, 4.69) is 15.3 Å². The molecule has 1 N–H and O–H groups in total. The Morgan fingerprint density at radius 1 is 1.33 bits per heavy atom. The summed E-state index contributed by atoms with van der Waals surface area (Å²) in [7, 11) is 0. The summed E-state index contributed by atoms with van der Waals surface area (Å²) in [5.41, 5.74) is 1.52. The van der Waals surface area contributed by atoms with E-state index in [1.807, 2.05) is 30.5 Å². The number of amides is 1. The van der Waals surface area contributed by atoms with Gasteiger partial charge in [0, 0.05) is 24.6 Å². The number of para-hydroxylation sites is 1. The molecular formula is C16H16N4O2S2. The highest BCUT2D eigenvalue weighted by Crippen LogP contribution is 2.24. The van der Waals surface area contributed by atoms with Crippen molar-refractivity contribution in [2.75, 3.05) is 5.32 Å². The van der Waals surface area contributed by atoms with Crippen molar-refractivity contribution < 1.29 is 4.79 Å². The number of carbonyl (C=O) groups is 1. The van der Waals surface area contributed by atoms with Gasteiger partial charge in [-0.3, -0.25) is 14.2 Å². The Morgan fingerprint density at radius 2 is 2.12 bits per heavy atom. The minimum Gasteiger partial charge on any atom is -0.302 e. The molecule has 24 heavy (non-hydrogen) atoms. The molecule has 0 fully saturated rings. The third-order valence-electron chi connectivity index (χ3n) is 3.33. The summed E-state index contributed by atoms with van der Waals surface area (Å²) in [6, 6.07) is 7.36. The number of nitrogens with zero attached hydrogens (tertiary/aromatic N) is 3. The number of rotatable bonds is 5. The highest BCUT2D eigenvalue weighted by atomic mass is 32.2. The van der Waals surface area contributed by atoms with Crippen molar-refractivity contribution in [1.29, 1.82) is 0 Å². The third kappa shape index (κ3) is 3.49. The van der Waals surface area contributed by atoms with Crippen molar-refractivity contribution in [3.63, 3.8) is 0 Å². The van der Waals surface area contributed by atoms with Crippen molar-refractivity contribution in [1.82, 2.24) is 14.5 Å². The maximum atomic E-state index is 12.6. The average molecular weight is 360 g/mol. The Kier molecular flexibility index (Phi) is 4.96. The molecule has 0 aliphatic carbocycles. The van der Waals surface area contributed by atoms with E-state index < -0.39 is 0 Å². The van der Waals surface area contributed by atoms with Crippen molar-refractivity contribution >= 4 is 45.0 Å². The number of hydrogen-bond acceptors (Lipinski definition) is 6. The maximum absolute atomic E-state index is 12.6. The molecule has 0 saturated heterocycles. The molecule has 0 atom stereocenters. The summed E-state index contributed by atoms with van der Waals surface area (Å²) in [4.78, 5) is 32.6. The molecule has 1 amide bonds. The predicted molar refractivity (Wildman–Crippen MR) is 97.7 cm³/mol. The molecule has 2 heterocycles. The molecular weight excluding hydrogens is 344 g/mol. The molecule has 0 spiro atoms. The maximum Gasteiger partial charge on any atom is 0.262 e. The van der Waals surface area contributed by atoms with Crippen molar-refractivity contribution in [3.05, 3.63) is 45.7 Å². The molecule has 6 nitrogen and oxygen atoms in total. The van der Waals surface area contributed by atoms with E-state index in [0.29, 0.717) is 33.5 Å². The Hall–Kier alpha value is -2.19. The van der Waals surface area contributed by atoms with Crippen molar-refractivity contribution in [2.24, 2.45) is 0 Å². The lowest BCUT2D eigenvalue weighted by molar-refractivity contribution is -0.114. The first-order valence-corrected chi connectivity index (χ1v) is 9.29. The highest BCUT2D eigenvalue weighted by molar-refractivity contribution is 7.98. The molecule has 1 aromatic carbocycles. The normalized spacial score (nSPS) is 10.9. The first-order chi connectivity index (χ1) is 11.6. The molecule has 0 saturated carbocycles. The molecule has 124 valence electrons. The van der Waals surface area contributed by atoms with Gasteiger partial charge in [-0.25, -0.2) is 9.97 Å². The van der Waals surface area contributed by atoms with Crippen LogP contribution in [0.3, 0.4) is 0 Å². The lowest BCUT2D eigenvalue weighted by Crippen LogP contribution is -2.22. The summed E-state index contributed by atoms with van der Waals surface area (Å²) in [5, 5.41) is 6.45. The quantitative estimate of drug-likeness (QED) is 0.559. The molecule has 0 bridgehead atoms. The van der Waals surface area contributed by atoms with Gasteiger partial charge in [0.05, 0.1) is 16.6 Å². The SMILES string of the molecule is CCn1c(SCc2csc(NC(C)=O)n2)nc2ccccc2c1=O. The van der Waals surface area contributed by atoms with Crippen LogP contribution < -0.4 is 10.9 Å². The Balaban J connectivity index is 1.85. The highest BCUT2D eigenvalue weighted by Gasteiger charge is 2.11. The number of nitrogens with one attached hydrogen (secondary N) is 1. The third-order valence-corrected chi connectivity index (χ3v) is 5.14. The molecule has 3 rings (SSSR count). The predicted octanol–water partition coefficient (Wildman–Crippen LogP) is 3.12. The molecule has 3 aromatic rings. The Morgan fingerprint density at radius 3 is 2.88 bits per heavy atom. The van der Waals surface area contributed by atoms with Crippen LogP contribution in [0.4, 0.5) is 5.13 Å². The van der Waals surface area contributed by atoms with E-state index in [1.54, 1.807) is 10.6 Å². The van der Waals surface area contributed by atoms with Gasteiger partial charge in [0.15, 0.2) is 10.3 Å². The first-order valence-electron chi connectivity index (χ1n) is 7.43. The lowest BCUT2D eigenvalue weighted by Gasteiger charge is -2.10. The number of carbonyl (C=O) groups excluding carboxylic acids is 1. The van der Waals surface area contributed by atoms with Gasteiger partial charge < -0.3 is 5.32 Å². The Labute approximate surface area is 147 Å². The number of fused-ring (bicyclic) bond motifs is 1. The van der Waals surface area contributed by atoms with E-state index in [-0.39, 0.29) is 11.5 Å². The van der Waals surface area contributed by atoms with Crippen molar-refractivity contribution in [3.8, 4) is 0 Å². The number of anilines is 1. The average Bonchev–Trinajstić information content (AvgIpc) is 3.00. The monoisotopic (exact) mass is 360 g/mol. The number of thioether (sulfide) groups is 1. The summed E-state index contributed by atoms with van der Waals surface area (Å²) < 4.78 is 1.67. The van der Waals surface area contributed by atoms with Gasteiger partial charge in [-0.1, -0.05) is 23.9 Å². The van der Waals surface area contributed by atoms with Crippen LogP contribution in [0.15, 0.2) is 39.6 Å². The summed E-state index contributed by atoms with van der Waals surface area (Å²) >= 11 is 2.85. The minimum atomic E-state index is -0.139. The van der Waals surface area contributed by atoms with Gasteiger partial charge >= 0.3 is 0 Å². The van der Waals surface area contributed by atoms with Crippen LogP contribution in [0.1, 0.15) is 19.5 Å². The molecule has 0 aliphatic rings. The fourth-order valence-electron chi connectivity index (χ4n) is 2.26. The van der Waals surface area contributed by atoms with Crippen LogP contribution in [-0.4, -0.2) is 20.4 Å². The van der Waals surface area contributed by atoms with E-state index in [9.17, 15) is 9.59 Å². The van der Waals surface area contributed by atoms with E-state index >= 15 is 0 Å². The zero-order valence-corrected chi connectivity index (χ0v) is 14.9. The van der Waals surface area contributed by atoms with E-state index in [4.69, 9.17) is 0 Å². The second-order valence-corrected chi connectivity index (χ2v) is 6.88. The van der Waals surface area contributed by atoms with Crippen LogP contribution in [0.2, 0.25) is 0 Å². The van der Waals surface area contributed by atoms with Crippen molar-refractivity contribution in [2.45, 2.75) is 31.3 Å². The van der Waals surface area contributed by atoms with Gasteiger partial charge in [-0.05, 0) is 19.1 Å². The van der Waals surface area contributed by atoms with Crippen LogP contribution in [0.5, 0.6) is 0 Å². The van der Waals surface area contributed by atoms with Gasteiger partial charge in [0.1, 0.15) is 0 Å². The van der Waals surface area contributed by atoms with Crippen LogP contribution in [0, 0.1) is 0 Å². The van der Waals surface area contributed by atoms with Gasteiger partial charge in [0.2, 0.25) is 5.91 Å². The van der Waals surface area contributed by atoms with Gasteiger partial charge in [0.25, 0.3) is 5.56 Å². The number of benzene rings is 1. The van der Waals surface area contributed by atoms with E-state index in [1.165, 1.54) is 30.0 Å². The Bertz CT molecular complexity index is 949. The molecule has 0 radical (unpaired) electrons. The van der Waals surface area contributed by atoms with Gasteiger partial charge in [-0.2, -0.15) is 0 Å². The van der Waals surface area contributed by atoms with Crippen LogP contribution in [0.25, 0.3) is 10.9 Å². The fraction of sp³-hybridized carbons (Fsp3) is 0.250. The fourth-order valence-corrected chi connectivity index (χ4v) is 4.07.